The predicted molar refractivity (Wildman–Crippen MR) is 261 cm³/mol. The number of pyridine rings is 1. The van der Waals surface area contributed by atoms with Crippen molar-refractivity contribution < 1.29 is 55.8 Å². The van der Waals surface area contributed by atoms with Gasteiger partial charge < -0.3 is 46.4 Å². The van der Waals surface area contributed by atoms with Gasteiger partial charge in [-0.05, 0) is 49.2 Å². The van der Waals surface area contributed by atoms with Gasteiger partial charge in [-0.1, -0.05) is 237 Å². The van der Waals surface area contributed by atoms with Crippen LogP contribution >= 0.6 is 0 Å². The van der Waals surface area contributed by atoms with Crippen molar-refractivity contribution in [2.75, 3.05) is 0 Å². The van der Waals surface area contributed by atoms with Crippen molar-refractivity contribution in [2.24, 2.45) is 0 Å². The number of aryl methyl sites for hydroxylation is 2. The molecule has 0 atom stereocenters. The average molecular weight is 974 g/mol. The first-order valence-electron chi connectivity index (χ1n) is 25.7. The van der Waals surface area contributed by atoms with Crippen molar-refractivity contribution in [3.63, 3.8) is 0 Å². The van der Waals surface area contributed by atoms with Gasteiger partial charge in [0.05, 0.1) is 22.1 Å². The van der Waals surface area contributed by atoms with Crippen LogP contribution in [0.15, 0.2) is 66.7 Å². The molecule has 3 heterocycles. The van der Waals surface area contributed by atoms with Crippen LogP contribution in [-0.4, -0.2) is 24.1 Å². The number of para-hydroxylation sites is 4. The molecule has 0 bridgehead atoms. The Labute approximate surface area is 421 Å². The van der Waals surface area contributed by atoms with Crippen molar-refractivity contribution in [3.05, 3.63) is 66.7 Å². The molecule has 5 nitrogen and oxygen atoms in total. The van der Waals surface area contributed by atoms with Crippen LogP contribution < -0.4 is 37.2 Å². The minimum Gasteiger partial charge on any atom is -1.00 e. The summed E-state index contributed by atoms with van der Waals surface area (Å²) in [5.41, 5.74) is 6.37. The van der Waals surface area contributed by atoms with Crippen molar-refractivity contribution in [1.29, 1.82) is 0 Å². The second-order valence-electron chi connectivity index (χ2n) is 18.2. The van der Waals surface area contributed by atoms with E-state index in [2.05, 4.69) is 89.7 Å². The van der Waals surface area contributed by atoms with Crippen LogP contribution in [0, 0.1) is 0 Å². The molecule has 359 valence electrons. The molecule has 0 saturated heterocycles. The fourth-order valence-electron chi connectivity index (χ4n) is 9.31. The third kappa shape index (κ3) is 21.7. The van der Waals surface area contributed by atoms with Gasteiger partial charge in [0, 0.05) is 31.6 Å². The zero-order valence-corrected chi connectivity index (χ0v) is 43.9. The Hall–Kier alpha value is -2.02. The zero-order chi connectivity index (χ0) is 41.7. The molecule has 5 rings (SSSR count). The molecule has 3 aromatic heterocycles. The molecule has 0 saturated carbocycles. The second kappa shape index (κ2) is 38.0. The number of fused-ring (bicyclic) bond motifs is 2. The number of imidazole rings is 2. The molecule has 0 fully saturated rings. The van der Waals surface area contributed by atoms with Crippen LogP contribution in [0.5, 0.6) is 0 Å². The van der Waals surface area contributed by atoms with Gasteiger partial charge in [0.1, 0.15) is 11.4 Å². The number of unbranched alkanes of at least 4 members (excludes halogenated alkanes) is 30. The number of rotatable bonds is 36. The van der Waals surface area contributed by atoms with Crippen molar-refractivity contribution in [3.8, 4) is 23.0 Å². The number of nitrogens with zero attached hydrogens (tertiary/aromatic N) is 5. The van der Waals surface area contributed by atoms with Crippen molar-refractivity contribution in [2.45, 2.75) is 232 Å². The Bertz CT molecular complexity index is 1730. The first-order valence-corrected chi connectivity index (χ1v) is 25.7. The van der Waals surface area contributed by atoms with Gasteiger partial charge in [-0.15, -0.1) is 0 Å². The molecule has 0 spiro atoms. The predicted octanol–water partition coefficient (Wildman–Crippen LogP) is 8.65. The summed E-state index contributed by atoms with van der Waals surface area (Å²) in [4.78, 5) is 15.7. The maximum Gasteiger partial charge on any atom is 0.159 e. The molecule has 0 aliphatic carbocycles. The van der Waals surface area contributed by atoms with Gasteiger partial charge in [0.25, 0.3) is 0 Å². The van der Waals surface area contributed by atoms with E-state index in [0.29, 0.717) is 0 Å². The van der Waals surface area contributed by atoms with Crippen LogP contribution in [0.3, 0.4) is 0 Å². The minimum absolute atomic E-state index is 0. The number of hydrogen-bond donors (Lipinski definition) is 0. The summed E-state index contributed by atoms with van der Waals surface area (Å²) in [6, 6.07) is 23.6. The van der Waals surface area contributed by atoms with Gasteiger partial charge in [0.15, 0.2) is 11.6 Å². The maximum atomic E-state index is 5.31. The average Bonchev–Trinajstić information content (AvgIpc) is 3.84. The molecule has 0 unspecified atom stereocenters. The van der Waals surface area contributed by atoms with E-state index < -0.39 is 0 Å². The van der Waals surface area contributed by atoms with Gasteiger partial charge >= 0.3 is 0 Å². The van der Waals surface area contributed by atoms with E-state index in [0.717, 1.165) is 47.2 Å². The number of halogens is 3. The fourth-order valence-corrected chi connectivity index (χ4v) is 9.31. The van der Waals surface area contributed by atoms with E-state index in [4.69, 9.17) is 15.0 Å². The quantitative estimate of drug-likeness (QED) is 0.0378. The van der Waals surface area contributed by atoms with E-state index in [-0.39, 0.29) is 55.8 Å². The van der Waals surface area contributed by atoms with E-state index >= 15 is 0 Å². The first kappa shape index (κ1) is 60.0. The standard InChI is InChI=1S/C55H85N5.3ClH.V/c1-3-5-7-9-11-13-15-17-19-21-23-25-27-29-31-37-46-59-52-44-35-33-40-48(52)57-54(59)50-42-39-43-51(56-50)55-58-49-41-34-36-45-53(49)60(55)47-38-32-30-28-26-24-22-20-18-16-14-12-10-8-6-4-2;;;;/h33-36,39-45H,3-32,37-38,46-47H2,1-2H3;3*1H;/p-3. The fraction of sp³-hybridized carbons (Fsp3) is 0.655. The van der Waals surface area contributed by atoms with Gasteiger partial charge in [-0.2, -0.15) is 0 Å². The summed E-state index contributed by atoms with van der Waals surface area (Å²) in [5, 5.41) is 0. The van der Waals surface area contributed by atoms with E-state index in [1.54, 1.807) is 0 Å². The third-order valence-electron chi connectivity index (χ3n) is 13.0. The molecule has 9 heteroatoms. The molecule has 64 heavy (non-hydrogen) atoms. The normalized spacial score (nSPS) is 11.0. The van der Waals surface area contributed by atoms with Crippen molar-refractivity contribution >= 4 is 22.1 Å². The molecular weight excluding hydrogens is 888 g/mol. The molecule has 0 N–H and O–H groups in total. The van der Waals surface area contributed by atoms with Gasteiger partial charge in [-0.25, -0.2) is 15.0 Å². The summed E-state index contributed by atoms with van der Waals surface area (Å²) in [6.45, 7) is 6.55. The van der Waals surface area contributed by atoms with Crippen LogP contribution in [0.25, 0.3) is 45.1 Å². The van der Waals surface area contributed by atoms with E-state index in [1.807, 2.05) is 0 Å². The smallest absolute Gasteiger partial charge is 0.159 e. The second-order valence-corrected chi connectivity index (χ2v) is 18.2. The van der Waals surface area contributed by atoms with Crippen LogP contribution in [-0.2, 0) is 31.6 Å². The Morgan fingerprint density at radius 2 is 0.578 bits per heavy atom. The zero-order valence-electron chi connectivity index (χ0n) is 40.2. The van der Waals surface area contributed by atoms with Crippen LogP contribution in [0.2, 0.25) is 0 Å². The molecule has 5 aromatic rings. The molecule has 0 amide bonds. The number of aromatic nitrogens is 5. The summed E-state index contributed by atoms with van der Waals surface area (Å²) in [6.07, 6.45) is 44.3. The molecule has 2 aromatic carbocycles. The van der Waals surface area contributed by atoms with Gasteiger partial charge in [-0.3, -0.25) is 0 Å². The Morgan fingerprint density at radius 1 is 0.312 bits per heavy atom. The maximum absolute atomic E-state index is 5.31. The van der Waals surface area contributed by atoms with E-state index in [9.17, 15) is 0 Å². The molecular formula is C55H85Cl3N5V-3. The Morgan fingerprint density at radius 3 is 0.875 bits per heavy atom. The topological polar surface area (TPSA) is 48.5 Å². The first-order chi connectivity index (χ1) is 29.8. The van der Waals surface area contributed by atoms with Crippen molar-refractivity contribution in [1.82, 2.24) is 24.1 Å². The summed E-state index contributed by atoms with van der Waals surface area (Å²) in [5.74, 6) is 1.94. The van der Waals surface area contributed by atoms with Crippen LogP contribution in [0.4, 0.5) is 0 Å². The molecule has 0 aliphatic rings. The SMILES string of the molecule is CCCCCCCCCCCCCCCCCCn1c(-c2cccc(-c3nc4ccccc4n3CCCCCCCCCCCCCCCCCC)n2)nc2ccccc21.[Cl-].[Cl-].[Cl-].[V]. The third-order valence-corrected chi connectivity index (χ3v) is 13.0. The summed E-state index contributed by atoms with van der Waals surface area (Å²) in [7, 11) is 0. The van der Waals surface area contributed by atoms with E-state index in [1.165, 1.54) is 216 Å². The summed E-state index contributed by atoms with van der Waals surface area (Å²) < 4.78 is 4.84. The van der Waals surface area contributed by atoms with Crippen LogP contribution in [0.1, 0.15) is 219 Å². The number of benzene rings is 2. The summed E-state index contributed by atoms with van der Waals surface area (Å²) >= 11 is 0. The number of hydrogen-bond acceptors (Lipinski definition) is 3. The van der Waals surface area contributed by atoms with Gasteiger partial charge in [0.2, 0.25) is 0 Å². The Balaban J connectivity index is 0.00000512. The molecule has 1 radical (unpaired) electrons. The minimum atomic E-state index is 0. The molecule has 0 aliphatic heterocycles. The Kier molecular flexibility index (Phi) is 35.6. The monoisotopic (exact) mass is 972 g/mol. The largest absolute Gasteiger partial charge is 1.00 e.